The summed E-state index contributed by atoms with van der Waals surface area (Å²) in [5.74, 6) is 0. The van der Waals surface area contributed by atoms with E-state index in [0.29, 0.717) is 0 Å². The lowest BCUT2D eigenvalue weighted by atomic mass is 10.0. The van der Waals surface area contributed by atoms with Crippen molar-refractivity contribution in [2.75, 3.05) is 0 Å². The number of aromatic nitrogens is 1. The molecule has 3 aromatic rings. The minimum atomic E-state index is 0.155. The highest BCUT2D eigenvalue weighted by atomic mass is 16.1. The summed E-state index contributed by atoms with van der Waals surface area (Å²) in [5.41, 5.74) is 4.69. The summed E-state index contributed by atoms with van der Waals surface area (Å²) in [6.07, 6.45) is 3.75. The van der Waals surface area contributed by atoms with Crippen LogP contribution in [0.5, 0.6) is 0 Å². The number of pyridine rings is 1. The molecule has 2 aromatic carbocycles. The summed E-state index contributed by atoms with van der Waals surface area (Å²) < 4.78 is 2.25. The molecule has 0 aliphatic carbocycles. The molecule has 3 heteroatoms. The molecule has 3 nitrogen and oxygen atoms in total. The fraction of sp³-hybridized carbons (Fsp3) is 0.227. The first-order valence-corrected chi connectivity index (χ1v) is 8.84. The second-order valence-corrected chi connectivity index (χ2v) is 6.64. The molecule has 0 spiro atoms. The Morgan fingerprint density at radius 1 is 0.960 bits per heavy atom. The summed E-state index contributed by atoms with van der Waals surface area (Å²) >= 11 is 0. The number of fused-ring (bicyclic) bond motifs is 1. The largest absolute Gasteiger partial charge is 0.348 e. The van der Waals surface area contributed by atoms with Crippen molar-refractivity contribution in [1.82, 2.24) is 9.88 Å². The van der Waals surface area contributed by atoms with E-state index >= 15 is 0 Å². The van der Waals surface area contributed by atoms with Crippen LogP contribution in [0.25, 0.3) is 0 Å². The Balaban J connectivity index is 1.55. The zero-order valence-corrected chi connectivity index (χ0v) is 14.2. The van der Waals surface area contributed by atoms with Gasteiger partial charge < -0.3 is 9.88 Å². The Hall–Kier alpha value is -2.65. The van der Waals surface area contributed by atoms with Gasteiger partial charge in [0, 0.05) is 36.6 Å². The van der Waals surface area contributed by atoms with Gasteiger partial charge in [-0.3, -0.25) is 4.79 Å². The number of hydrogen-bond acceptors (Lipinski definition) is 2. The number of nitrogens with one attached hydrogen (secondary N) is 1. The topological polar surface area (TPSA) is 34.0 Å². The molecule has 1 aliphatic rings. The maximum atomic E-state index is 12.4. The van der Waals surface area contributed by atoms with Gasteiger partial charge in [-0.25, -0.2) is 0 Å². The second kappa shape index (κ2) is 7.08. The normalized spacial score (nSPS) is 16.4. The van der Waals surface area contributed by atoms with Crippen molar-refractivity contribution in [3.05, 3.63) is 106 Å². The monoisotopic (exact) mass is 330 g/mol. The molecular weight excluding hydrogens is 308 g/mol. The molecule has 1 aromatic heterocycles. The lowest BCUT2D eigenvalue weighted by Gasteiger charge is -2.29. The quantitative estimate of drug-likeness (QED) is 0.795. The summed E-state index contributed by atoms with van der Waals surface area (Å²) in [4.78, 5) is 12.4. The van der Waals surface area contributed by atoms with Crippen molar-refractivity contribution in [2.45, 2.75) is 32.0 Å². The molecule has 25 heavy (non-hydrogen) atoms. The average Bonchev–Trinajstić information content (AvgIpc) is 2.67. The van der Waals surface area contributed by atoms with Crippen LogP contribution in [0.1, 0.15) is 28.4 Å². The van der Waals surface area contributed by atoms with E-state index in [1.807, 2.05) is 24.3 Å². The van der Waals surface area contributed by atoms with Gasteiger partial charge in [-0.05, 0) is 24.0 Å². The van der Waals surface area contributed by atoms with E-state index in [4.69, 9.17) is 0 Å². The molecule has 1 aliphatic heterocycles. The maximum Gasteiger partial charge on any atom is 0.185 e. The third-order valence-corrected chi connectivity index (χ3v) is 4.93. The Bertz CT molecular complexity index is 900. The van der Waals surface area contributed by atoms with Crippen molar-refractivity contribution in [3.8, 4) is 0 Å². The van der Waals surface area contributed by atoms with Crippen molar-refractivity contribution in [3.63, 3.8) is 0 Å². The highest BCUT2D eigenvalue weighted by Gasteiger charge is 2.19. The van der Waals surface area contributed by atoms with Crippen LogP contribution in [0, 0.1) is 0 Å². The van der Waals surface area contributed by atoms with E-state index in [0.717, 1.165) is 37.2 Å². The minimum absolute atomic E-state index is 0.155. The van der Waals surface area contributed by atoms with Gasteiger partial charge in [0.15, 0.2) is 5.43 Å². The van der Waals surface area contributed by atoms with Crippen molar-refractivity contribution < 1.29 is 0 Å². The van der Waals surface area contributed by atoms with Crippen LogP contribution < -0.4 is 10.7 Å². The van der Waals surface area contributed by atoms with E-state index in [1.165, 1.54) is 11.1 Å². The van der Waals surface area contributed by atoms with Crippen LogP contribution in [-0.2, 0) is 25.9 Å². The van der Waals surface area contributed by atoms with Crippen LogP contribution >= 0.6 is 0 Å². The predicted molar refractivity (Wildman–Crippen MR) is 101 cm³/mol. The lowest BCUT2D eigenvalue weighted by Crippen LogP contribution is -2.34. The standard InChI is InChI=1S/C22H22N2O/c25-22-13-20-14-23-21(18-9-5-2-6-10-18)16-24(20)15-19(22)12-11-17-7-3-1-4-8-17/h1-10,13,15,21,23H,11-12,14,16H2. The number of hydrogen-bond donors (Lipinski definition) is 1. The third kappa shape index (κ3) is 3.57. The summed E-state index contributed by atoms with van der Waals surface area (Å²) in [5, 5.41) is 3.54. The number of aryl methyl sites for hydroxylation is 2. The fourth-order valence-corrected chi connectivity index (χ4v) is 3.49. The number of nitrogens with zero attached hydrogens (tertiary/aromatic N) is 1. The molecule has 0 saturated carbocycles. The lowest BCUT2D eigenvalue weighted by molar-refractivity contribution is 0.397. The Morgan fingerprint density at radius 2 is 1.68 bits per heavy atom. The average molecular weight is 330 g/mol. The zero-order valence-electron chi connectivity index (χ0n) is 14.2. The van der Waals surface area contributed by atoms with Gasteiger partial charge >= 0.3 is 0 Å². The van der Waals surface area contributed by atoms with Gasteiger partial charge in [-0.15, -0.1) is 0 Å². The Kier molecular flexibility index (Phi) is 4.49. The predicted octanol–water partition coefficient (Wildman–Crippen LogP) is 3.48. The summed E-state index contributed by atoms with van der Waals surface area (Å²) in [6, 6.07) is 22.9. The molecule has 4 rings (SSSR count). The SMILES string of the molecule is O=c1cc2n(cc1CCc1ccccc1)CC(c1ccccc1)NC2. The number of benzene rings is 2. The van der Waals surface area contributed by atoms with Crippen LogP contribution in [0.4, 0.5) is 0 Å². The van der Waals surface area contributed by atoms with E-state index in [-0.39, 0.29) is 11.5 Å². The molecule has 2 heterocycles. The van der Waals surface area contributed by atoms with Gasteiger partial charge in [0.25, 0.3) is 0 Å². The molecule has 0 bridgehead atoms. The van der Waals surface area contributed by atoms with E-state index in [9.17, 15) is 4.79 Å². The van der Waals surface area contributed by atoms with Gasteiger partial charge in [0.1, 0.15) is 0 Å². The van der Waals surface area contributed by atoms with Crippen LogP contribution in [0.3, 0.4) is 0 Å². The Morgan fingerprint density at radius 3 is 2.44 bits per heavy atom. The minimum Gasteiger partial charge on any atom is -0.348 e. The van der Waals surface area contributed by atoms with Crippen molar-refractivity contribution in [2.24, 2.45) is 0 Å². The number of rotatable bonds is 4. The summed E-state index contributed by atoms with van der Waals surface area (Å²) in [6.45, 7) is 1.59. The van der Waals surface area contributed by atoms with Crippen molar-refractivity contribution in [1.29, 1.82) is 0 Å². The van der Waals surface area contributed by atoms with E-state index in [1.54, 1.807) is 6.07 Å². The van der Waals surface area contributed by atoms with Crippen LogP contribution in [0.15, 0.2) is 77.7 Å². The smallest absolute Gasteiger partial charge is 0.185 e. The zero-order chi connectivity index (χ0) is 17.1. The molecule has 126 valence electrons. The highest BCUT2D eigenvalue weighted by Crippen LogP contribution is 2.20. The van der Waals surface area contributed by atoms with Gasteiger partial charge in [-0.2, -0.15) is 0 Å². The Labute approximate surface area is 148 Å². The first-order valence-electron chi connectivity index (χ1n) is 8.84. The van der Waals surface area contributed by atoms with Crippen LogP contribution in [0.2, 0.25) is 0 Å². The summed E-state index contributed by atoms with van der Waals surface area (Å²) in [7, 11) is 0. The molecule has 1 N–H and O–H groups in total. The van der Waals surface area contributed by atoms with E-state index < -0.39 is 0 Å². The fourth-order valence-electron chi connectivity index (χ4n) is 3.49. The van der Waals surface area contributed by atoms with Crippen LogP contribution in [-0.4, -0.2) is 4.57 Å². The second-order valence-electron chi connectivity index (χ2n) is 6.64. The van der Waals surface area contributed by atoms with Gasteiger partial charge in [-0.1, -0.05) is 60.7 Å². The molecule has 1 unspecified atom stereocenters. The third-order valence-electron chi connectivity index (χ3n) is 4.93. The highest BCUT2D eigenvalue weighted by molar-refractivity contribution is 5.24. The first-order chi connectivity index (χ1) is 12.3. The van der Waals surface area contributed by atoms with E-state index in [2.05, 4.69) is 52.5 Å². The molecule has 0 radical (unpaired) electrons. The molecule has 0 fully saturated rings. The van der Waals surface area contributed by atoms with Gasteiger partial charge in [0.05, 0.1) is 6.04 Å². The molecular formula is C22H22N2O. The van der Waals surface area contributed by atoms with Gasteiger partial charge in [0.2, 0.25) is 0 Å². The molecule has 0 amide bonds. The molecule has 1 atom stereocenters. The first kappa shape index (κ1) is 15.9. The maximum absolute atomic E-state index is 12.4. The molecule has 0 saturated heterocycles. The van der Waals surface area contributed by atoms with Crippen molar-refractivity contribution >= 4 is 0 Å².